The van der Waals surface area contributed by atoms with Crippen molar-refractivity contribution in [3.8, 4) is 22.8 Å². The predicted octanol–water partition coefficient (Wildman–Crippen LogP) is 3.55. The number of carbonyl (C=O) groups is 1. The van der Waals surface area contributed by atoms with Crippen LogP contribution in [0.4, 0.5) is 9.52 Å². The van der Waals surface area contributed by atoms with Gasteiger partial charge in [-0.25, -0.2) is 14.4 Å². The molecule has 0 atom stereocenters. The summed E-state index contributed by atoms with van der Waals surface area (Å²) in [5.41, 5.74) is 2.76. The highest BCUT2D eigenvalue weighted by molar-refractivity contribution is 7.14. The monoisotopic (exact) mass is 410 g/mol. The number of aromatic nitrogens is 3. The second kappa shape index (κ2) is 7.17. The third kappa shape index (κ3) is 3.64. The van der Waals surface area contributed by atoms with E-state index in [4.69, 9.17) is 9.47 Å². The number of anilines is 1. The molecule has 0 spiro atoms. The molecule has 1 aliphatic rings. The van der Waals surface area contributed by atoms with Crippen LogP contribution >= 0.6 is 11.3 Å². The van der Waals surface area contributed by atoms with Crippen molar-refractivity contribution in [3.05, 3.63) is 59.6 Å². The molecule has 29 heavy (non-hydrogen) atoms. The number of hydrogen-bond acceptors (Lipinski definition) is 6. The Kier molecular flexibility index (Phi) is 4.36. The Morgan fingerprint density at radius 1 is 1.14 bits per heavy atom. The Balaban J connectivity index is 1.28. The summed E-state index contributed by atoms with van der Waals surface area (Å²) in [6.07, 6.45) is 3.03. The maximum atomic E-state index is 13.3. The van der Waals surface area contributed by atoms with E-state index in [1.54, 1.807) is 16.7 Å². The van der Waals surface area contributed by atoms with Crippen LogP contribution in [0.25, 0.3) is 16.9 Å². The zero-order valence-corrected chi connectivity index (χ0v) is 15.9. The standard InChI is InChI=1S/C20H15FN4O3S/c21-13-2-4-18-22-14(10-25(18)9-13)8-19(26)24-20-23-15(11-29-20)12-1-3-16-17(7-12)28-6-5-27-16/h1-4,7,9-11H,5-6,8H2,(H,23,24,26). The van der Waals surface area contributed by atoms with Gasteiger partial charge in [0.25, 0.3) is 0 Å². The molecule has 146 valence electrons. The zero-order chi connectivity index (χ0) is 19.8. The molecular weight excluding hydrogens is 395 g/mol. The van der Waals surface area contributed by atoms with E-state index in [0.29, 0.717) is 35.4 Å². The summed E-state index contributed by atoms with van der Waals surface area (Å²) < 4.78 is 26.0. The topological polar surface area (TPSA) is 77.8 Å². The molecule has 7 nitrogen and oxygen atoms in total. The van der Waals surface area contributed by atoms with Crippen LogP contribution in [0.1, 0.15) is 5.69 Å². The average molecular weight is 410 g/mol. The minimum atomic E-state index is -0.361. The maximum absolute atomic E-state index is 13.3. The summed E-state index contributed by atoms with van der Waals surface area (Å²) in [6.45, 7) is 1.06. The van der Waals surface area contributed by atoms with Crippen molar-refractivity contribution in [2.24, 2.45) is 0 Å². The second-order valence-corrected chi connectivity index (χ2v) is 7.32. The van der Waals surface area contributed by atoms with Gasteiger partial charge in [-0.3, -0.25) is 4.79 Å². The van der Waals surface area contributed by atoms with E-state index in [0.717, 1.165) is 17.0 Å². The fourth-order valence-electron chi connectivity index (χ4n) is 3.10. The van der Waals surface area contributed by atoms with E-state index in [-0.39, 0.29) is 18.1 Å². The van der Waals surface area contributed by atoms with Crippen LogP contribution in [0.5, 0.6) is 11.5 Å². The molecule has 1 N–H and O–H groups in total. The molecule has 0 saturated heterocycles. The number of amides is 1. The highest BCUT2D eigenvalue weighted by atomic mass is 32.1. The SMILES string of the molecule is O=C(Cc1cn2cc(F)ccc2n1)Nc1nc(-c2ccc3c(c2)OCCO3)cs1. The third-order valence-electron chi connectivity index (χ3n) is 4.39. The van der Waals surface area contributed by atoms with Crippen molar-refractivity contribution in [2.75, 3.05) is 18.5 Å². The number of imidazole rings is 1. The van der Waals surface area contributed by atoms with Gasteiger partial charge in [-0.15, -0.1) is 11.3 Å². The number of fused-ring (bicyclic) bond motifs is 2. The van der Waals surface area contributed by atoms with Crippen LogP contribution in [0.3, 0.4) is 0 Å². The summed E-state index contributed by atoms with van der Waals surface area (Å²) in [6, 6.07) is 8.54. The number of nitrogens with one attached hydrogen (secondary N) is 1. The van der Waals surface area contributed by atoms with Crippen LogP contribution < -0.4 is 14.8 Å². The number of benzene rings is 1. The molecule has 3 aromatic heterocycles. The molecule has 0 saturated carbocycles. The minimum absolute atomic E-state index is 0.0717. The Morgan fingerprint density at radius 3 is 2.90 bits per heavy atom. The summed E-state index contributed by atoms with van der Waals surface area (Å²) in [5.74, 6) is 0.809. The Hall–Kier alpha value is -3.46. The molecule has 0 unspecified atom stereocenters. The van der Waals surface area contributed by atoms with Gasteiger partial charge >= 0.3 is 0 Å². The third-order valence-corrected chi connectivity index (χ3v) is 5.15. The molecular formula is C20H15FN4O3S. The molecule has 0 radical (unpaired) electrons. The van der Waals surface area contributed by atoms with Gasteiger partial charge in [0.05, 0.1) is 17.8 Å². The van der Waals surface area contributed by atoms with Crippen LogP contribution in [0.2, 0.25) is 0 Å². The van der Waals surface area contributed by atoms with Crippen LogP contribution in [-0.2, 0) is 11.2 Å². The van der Waals surface area contributed by atoms with Crippen molar-refractivity contribution >= 4 is 28.0 Å². The van der Waals surface area contributed by atoms with Crippen molar-refractivity contribution in [3.63, 3.8) is 0 Å². The van der Waals surface area contributed by atoms with Crippen molar-refractivity contribution in [1.29, 1.82) is 0 Å². The van der Waals surface area contributed by atoms with E-state index < -0.39 is 0 Å². The molecule has 1 amide bonds. The average Bonchev–Trinajstić information content (AvgIpc) is 3.33. The lowest BCUT2D eigenvalue weighted by molar-refractivity contribution is -0.115. The van der Waals surface area contributed by atoms with Crippen LogP contribution in [-0.4, -0.2) is 33.5 Å². The number of halogens is 1. The number of rotatable bonds is 4. The van der Waals surface area contributed by atoms with E-state index >= 15 is 0 Å². The van der Waals surface area contributed by atoms with Gasteiger partial charge in [0.2, 0.25) is 5.91 Å². The van der Waals surface area contributed by atoms with E-state index in [9.17, 15) is 9.18 Å². The van der Waals surface area contributed by atoms with Gasteiger partial charge in [0, 0.05) is 23.3 Å². The molecule has 5 rings (SSSR count). The molecule has 4 aromatic rings. The highest BCUT2D eigenvalue weighted by Gasteiger charge is 2.15. The summed E-state index contributed by atoms with van der Waals surface area (Å²) >= 11 is 1.34. The predicted molar refractivity (Wildman–Crippen MR) is 106 cm³/mol. The second-order valence-electron chi connectivity index (χ2n) is 6.47. The molecule has 0 aliphatic carbocycles. The molecule has 0 fully saturated rings. The smallest absolute Gasteiger partial charge is 0.232 e. The number of thiazole rings is 1. The molecule has 1 aliphatic heterocycles. The van der Waals surface area contributed by atoms with Crippen molar-refractivity contribution in [2.45, 2.75) is 6.42 Å². The summed E-state index contributed by atoms with van der Waals surface area (Å²) in [4.78, 5) is 21.2. The summed E-state index contributed by atoms with van der Waals surface area (Å²) in [7, 11) is 0. The Morgan fingerprint density at radius 2 is 2.00 bits per heavy atom. The lowest BCUT2D eigenvalue weighted by Crippen LogP contribution is -2.15. The maximum Gasteiger partial charge on any atom is 0.232 e. The molecule has 9 heteroatoms. The number of hydrogen-bond donors (Lipinski definition) is 1. The van der Waals surface area contributed by atoms with Gasteiger partial charge in [-0.05, 0) is 30.3 Å². The first-order valence-corrected chi connectivity index (χ1v) is 9.80. The van der Waals surface area contributed by atoms with Crippen molar-refractivity contribution in [1.82, 2.24) is 14.4 Å². The first kappa shape index (κ1) is 17.6. The van der Waals surface area contributed by atoms with Gasteiger partial charge < -0.3 is 19.2 Å². The Labute approximate surface area is 168 Å². The van der Waals surface area contributed by atoms with E-state index in [2.05, 4.69) is 15.3 Å². The first-order valence-electron chi connectivity index (χ1n) is 8.92. The molecule has 1 aromatic carbocycles. The fourth-order valence-corrected chi connectivity index (χ4v) is 3.83. The largest absolute Gasteiger partial charge is 0.486 e. The fraction of sp³-hybridized carbons (Fsp3) is 0.150. The molecule has 0 bridgehead atoms. The van der Waals surface area contributed by atoms with Gasteiger partial charge in [-0.1, -0.05) is 0 Å². The van der Waals surface area contributed by atoms with Gasteiger partial charge in [0.1, 0.15) is 24.7 Å². The quantitative estimate of drug-likeness (QED) is 0.557. The van der Waals surface area contributed by atoms with Crippen LogP contribution in [0, 0.1) is 5.82 Å². The molecule has 4 heterocycles. The minimum Gasteiger partial charge on any atom is -0.486 e. The first-order chi connectivity index (χ1) is 14.1. The lowest BCUT2D eigenvalue weighted by Gasteiger charge is -2.18. The van der Waals surface area contributed by atoms with E-state index in [1.807, 2.05) is 23.6 Å². The number of ether oxygens (including phenoxy) is 2. The van der Waals surface area contributed by atoms with Crippen molar-refractivity contribution < 1.29 is 18.7 Å². The number of nitrogens with zero attached hydrogens (tertiary/aromatic N) is 3. The number of carbonyl (C=O) groups excluding carboxylic acids is 1. The summed E-state index contributed by atoms with van der Waals surface area (Å²) in [5, 5.41) is 5.15. The Bertz CT molecular complexity index is 1220. The number of pyridine rings is 1. The van der Waals surface area contributed by atoms with Crippen LogP contribution in [0.15, 0.2) is 48.1 Å². The normalized spacial score (nSPS) is 12.9. The van der Waals surface area contributed by atoms with Gasteiger partial charge in [-0.2, -0.15) is 0 Å². The highest BCUT2D eigenvalue weighted by Crippen LogP contribution is 2.35. The van der Waals surface area contributed by atoms with E-state index in [1.165, 1.54) is 23.6 Å². The zero-order valence-electron chi connectivity index (χ0n) is 15.1. The lowest BCUT2D eigenvalue weighted by atomic mass is 10.1. The van der Waals surface area contributed by atoms with Gasteiger partial charge in [0.15, 0.2) is 16.6 Å².